The maximum Gasteiger partial charge on any atom is 2.00 e. The van der Waals surface area contributed by atoms with E-state index in [1.165, 1.54) is 25.7 Å². The molecule has 0 aliphatic carbocycles. The van der Waals surface area contributed by atoms with E-state index in [0.717, 1.165) is 32.5 Å². The molecule has 0 aliphatic heterocycles. The van der Waals surface area contributed by atoms with Crippen LogP contribution in [0, 0.1) is 6.92 Å². The van der Waals surface area contributed by atoms with E-state index in [4.69, 9.17) is 9.47 Å². The predicted octanol–water partition coefficient (Wildman–Crippen LogP) is 0.741. The molecule has 0 heterocycles. The second kappa shape index (κ2) is 23.0. The summed E-state index contributed by atoms with van der Waals surface area (Å²) < 4.78 is 10.7. The summed E-state index contributed by atoms with van der Waals surface area (Å²) in [7, 11) is 0. The first-order chi connectivity index (χ1) is 7.91. The van der Waals surface area contributed by atoms with Gasteiger partial charge in [-0.1, -0.05) is 38.7 Å². The molecule has 0 rings (SSSR count). The van der Waals surface area contributed by atoms with Gasteiger partial charge in [0.05, 0.1) is 6.61 Å². The van der Waals surface area contributed by atoms with Gasteiger partial charge in [0.15, 0.2) is 0 Å². The van der Waals surface area contributed by atoms with Crippen LogP contribution in [0.25, 0.3) is 0 Å². The Hall–Kier alpha value is 0.906. The zero-order valence-corrected chi connectivity index (χ0v) is 14.8. The first kappa shape index (κ1) is 24.0. The van der Waals surface area contributed by atoms with E-state index in [1.807, 2.05) is 0 Å². The van der Waals surface area contributed by atoms with Crippen LogP contribution >= 0.6 is 0 Å². The minimum Gasteiger partial charge on any atom is -1.00 e. The van der Waals surface area contributed by atoms with Crippen molar-refractivity contribution < 1.29 is 26.5 Å². The van der Waals surface area contributed by atoms with Crippen molar-refractivity contribution in [3.05, 3.63) is 19.1 Å². The minimum atomic E-state index is 0. The molecule has 0 aromatic heterocycles. The molecule has 0 radical (unpaired) electrons. The molecular weight excluding hydrogens is 304 g/mol. The number of hydrogen-bond donors (Lipinski definition) is 0. The summed E-state index contributed by atoms with van der Waals surface area (Å²) in [6, 6.07) is 0. The molecule has 2 nitrogen and oxygen atoms in total. The maximum atomic E-state index is 5.36. The van der Waals surface area contributed by atoms with E-state index in [-0.39, 0.29) is 40.0 Å². The number of unbranched alkanes of at least 4 members (excludes halogenated alkanes) is 4. The molecule has 0 fully saturated rings. The van der Waals surface area contributed by atoms with Gasteiger partial charge in [0.2, 0.25) is 0 Å². The Balaban J connectivity index is -0.00000112. The second-order valence-corrected chi connectivity index (χ2v) is 3.90. The van der Waals surface area contributed by atoms with Crippen molar-refractivity contribution in [2.75, 3.05) is 20.0 Å². The van der Waals surface area contributed by atoms with Crippen LogP contribution < -0.4 is 17.0 Å². The summed E-state index contributed by atoms with van der Waals surface area (Å²) in [5.74, 6) is 0. The van der Waals surface area contributed by atoms with E-state index in [0.29, 0.717) is 6.79 Å². The Morgan fingerprint density at radius 2 is 1.61 bits per heavy atom. The van der Waals surface area contributed by atoms with E-state index < -0.39 is 0 Å². The number of halogens is 1. The van der Waals surface area contributed by atoms with Crippen LogP contribution in [0.4, 0.5) is 0 Å². The third-order valence-electron chi connectivity index (χ3n) is 2.32. The smallest absolute Gasteiger partial charge is 1.00 e. The van der Waals surface area contributed by atoms with Gasteiger partial charge in [-0.05, 0) is 12.8 Å². The van der Waals surface area contributed by atoms with Crippen molar-refractivity contribution in [3.63, 3.8) is 0 Å². The summed E-state index contributed by atoms with van der Waals surface area (Å²) >= 11 is 0. The van der Waals surface area contributed by atoms with Crippen molar-refractivity contribution in [2.24, 2.45) is 0 Å². The van der Waals surface area contributed by atoms with Crippen molar-refractivity contribution in [3.8, 4) is 0 Å². The molecule has 0 saturated heterocycles. The van der Waals surface area contributed by atoms with E-state index in [9.17, 15) is 0 Å². The van der Waals surface area contributed by atoms with Gasteiger partial charge < -0.3 is 33.4 Å². The fraction of sp³-hybridized carbons (Fsp3) is 0.786. The van der Waals surface area contributed by atoms with Crippen LogP contribution in [0.5, 0.6) is 0 Å². The van der Waals surface area contributed by atoms with E-state index in [1.54, 1.807) is 0 Å². The van der Waals surface area contributed by atoms with Crippen LogP contribution in [-0.2, 0) is 9.47 Å². The van der Waals surface area contributed by atoms with E-state index in [2.05, 4.69) is 26.0 Å². The van der Waals surface area contributed by atoms with Gasteiger partial charge in [0.25, 0.3) is 0 Å². The fourth-order valence-electron chi connectivity index (χ4n) is 1.37. The van der Waals surface area contributed by atoms with Crippen molar-refractivity contribution in [1.82, 2.24) is 0 Å². The number of rotatable bonds is 12. The Bertz CT molecular complexity index is 155. The molecule has 0 saturated carbocycles. The molecule has 0 aromatic carbocycles. The van der Waals surface area contributed by atoms with Gasteiger partial charge in [-0.2, -0.15) is 6.42 Å². The molecule has 0 bridgehead atoms. The number of hydrogen-bond acceptors (Lipinski definition) is 2. The Labute approximate surface area is 140 Å². The minimum absolute atomic E-state index is 0. The summed E-state index contributed by atoms with van der Waals surface area (Å²) in [6.45, 7) is 7.96. The van der Waals surface area contributed by atoms with Gasteiger partial charge in [-0.3, -0.25) is 0 Å². The third-order valence-corrected chi connectivity index (χ3v) is 2.32. The topological polar surface area (TPSA) is 18.5 Å². The monoisotopic (exact) mass is 330 g/mol. The average Bonchev–Trinajstić information content (AvgIpc) is 2.31. The molecule has 0 N–H and O–H groups in total. The average molecular weight is 332 g/mol. The quantitative estimate of drug-likeness (QED) is 0.173. The summed E-state index contributed by atoms with van der Waals surface area (Å²) in [5.41, 5.74) is 0. The van der Waals surface area contributed by atoms with E-state index >= 15 is 0 Å². The predicted molar refractivity (Wildman–Crippen MR) is 75.0 cm³/mol. The Kier molecular flexibility index (Phi) is 30.7. The van der Waals surface area contributed by atoms with Crippen molar-refractivity contribution >= 4 is 23.1 Å². The largest absolute Gasteiger partial charge is 2.00 e. The zero-order valence-electron chi connectivity index (χ0n) is 11.8. The molecule has 18 heavy (non-hydrogen) atoms. The van der Waals surface area contributed by atoms with Crippen LogP contribution in [0.2, 0.25) is 0 Å². The zero-order chi connectivity index (χ0) is 11.9. The standard InChI is InChI=1S/C14H27O2.BrH.Mg/c1-3-5-7-9-11-13-16-14-15-12-10-8-6-4-2;;/h6,8H,2-5,7,9-14H2,1H3;1H;/q-1;;+2/p-1/b8-6+;;. The van der Waals surface area contributed by atoms with Gasteiger partial charge in [-0.25, -0.2) is 0 Å². The van der Waals surface area contributed by atoms with Crippen LogP contribution in [0.15, 0.2) is 12.2 Å². The molecule has 0 aromatic rings. The molecule has 0 spiro atoms. The number of allylic oxidation sites excluding steroid dienone is 1. The van der Waals surface area contributed by atoms with Gasteiger partial charge in [-0.15, -0.1) is 6.08 Å². The van der Waals surface area contributed by atoms with Gasteiger partial charge >= 0.3 is 23.1 Å². The Morgan fingerprint density at radius 1 is 0.944 bits per heavy atom. The van der Waals surface area contributed by atoms with Crippen LogP contribution in [0.3, 0.4) is 0 Å². The molecule has 0 atom stereocenters. The Morgan fingerprint density at radius 3 is 2.28 bits per heavy atom. The first-order valence-corrected chi connectivity index (χ1v) is 6.51. The van der Waals surface area contributed by atoms with Crippen molar-refractivity contribution in [1.29, 1.82) is 0 Å². The number of ether oxygens (including phenoxy) is 2. The molecule has 0 unspecified atom stereocenters. The third kappa shape index (κ3) is 22.1. The van der Waals surface area contributed by atoms with Gasteiger partial charge in [0.1, 0.15) is 6.79 Å². The SMILES string of the molecule is [Br-].[CH2-]C/C=C/CCOCOCCCCCCC.[Mg+2]. The second-order valence-electron chi connectivity index (χ2n) is 3.90. The van der Waals surface area contributed by atoms with Crippen LogP contribution in [0.1, 0.15) is 51.9 Å². The van der Waals surface area contributed by atoms with Gasteiger partial charge in [0, 0.05) is 6.61 Å². The normalized spacial score (nSPS) is 10.1. The van der Waals surface area contributed by atoms with Crippen LogP contribution in [-0.4, -0.2) is 43.1 Å². The van der Waals surface area contributed by atoms with Crippen molar-refractivity contribution in [2.45, 2.75) is 51.9 Å². The molecular formula is C14H27BrMgO2. The molecule has 4 heteroatoms. The first-order valence-electron chi connectivity index (χ1n) is 6.51. The summed E-state index contributed by atoms with van der Waals surface area (Å²) in [6.07, 6.45) is 12.4. The summed E-state index contributed by atoms with van der Waals surface area (Å²) in [5, 5.41) is 0. The summed E-state index contributed by atoms with van der Waals surface area (Å²) in [4.78, 5) is 0. The molecule has 104 valence electrons. The molecule has 0 aliphatic rings. The maximum absolute atomic E-state index is 5.36. The molecule has 0 amide bonds. The fourth-order valence-corrected chi connectivity index (χ4v) is 1.37.